The van der Waals surface area contributed by atoms with E-state index in [1.54, 1.807) is 0 Å². The molecular formula is C25H27N3O3. The number of carbonyl (C=O) groups is 2. The highest BCUT2D eigenvalue weighted by atomic mass is 16.5. The first-order valence-corrected chi connectivity index (χ1v) is 11.1. The second kappa shape index (κ2) is 8.27. The van der Waals surface area contributed by atoms with Crippen molar-refractivity contribution in [3.8, 4) is 0 Å². The second-order valence-corrected chi connectivity index (χ2v) is 8.49. The lowest BCUT2D eigenvalue weighted by molar-refractivity contribution is -0.153. The highest BCUT2D eigenvalue weighted by Crippen LogP contribution is 2.42. The maximum atomic E-state index is 12.9. The van der Waals surface area contributed by atoms with Gasteiger partial charge >= 0.3 is 0 Å². The van der Waals surface area contributed by atoms with Gasteiger partial charge < -0.3 is 9.64 Å². The molecule has 160 valence electrons. The van der Waals surface area contributed by atoms with E-state index in [0.717, 1.165) is 30.5 Å². The number of rotatable bonds is 4. The molecule has 1 fully saturated rings. The molecule has 1 unspecified atom stereocenters. The topological polar surface area (TPSA) is 62.2 Å². The number of aryl methyl sites for hydroxylation is 1. The van der Waals surface area contributed by atoms with Gasteiger partial charge in [-0.15, -0.1) is 0 Å². The molecule has 2 heterocycles. The first-order chi connectivity index (χ1) is 15.1. The summed E-state index contributed by atoms with van der Waals surface area (Å²) in [5.41, 5.74) is 4.11. The summed E-state index contributed by atoms with van der Waals surface area (Å²) < 4.78 is 6.21. The van der Waals surface area contributed by atoms with Crippen LogP contribution in [0.2, 0.25) is 0 Å². The van der Waals surface area contributed by atoms with Crippen molar-refractivity contribution >= 4 is 17.5 Å². The molecule has 0 N–H and O–H groups in total. The molecule has 2 amide bonds. The van der Waals surface area contributed by atoms with Gasteiger partial charge in [-0.05, 0) is 29.5 Å². The zero-order chi connectivity index (χ0) is 21.3. The molecule has 0 aromatic heterocycles. The predicted molar refractivity (Wildman–Crippen MR) is 118 cm³/mol. The quantitative estimate of drug-likeness (QED) is 0.768. The van der Waals surface area contributed by atoms with Crippen LogP contribution >= 0.6 is 0 Å². The van der Waals surface area contributed by atoms with Crippen LogP contribution < -0.4 is 0 Å². The summed E-state index contributed by atoms with van der Waals surface area (Å²) in [6, 6.07) is 18.3. The lowest BCUT2D eigenvalue weighted by atomic mass is 9.93. The summed E-state index contributed by atoms with van der Waals surface area (Å²) in [4.78, 5) is 27.4. The van der Waals surface area contributed by atoms with Crippen molar-refractivity contribution in [1.29, 1.82) is 0 Å². The normalized spacial score (nSPS) is 22.5. The Hall–Kier alpha value is -2.99. The summed E-state index contributed by atoms with van der Waals surface area (Å²) >= 11 is 0. The molecule has 2 aliphatic heterocycles. The maximum Gasteiger partial charge on any atom is 0.243 e. The molecule has 1 spiro atoms. The molecule has 6 nitrogen and oxygen atoms in total. The van der Waals surface area contributed by atoms with Crippen molar-refractivity contribution < 1.29 is 14.3 Å². The van der Waals surface area contributed by atoms with Gasteiger partial charge in [0.05, 0.1) is 25.4 Å². The Morgan fingerprint density at radius 3 is 2.58 bits per heavy atom. The number of morpholine rings is 1. The zero-order valence-electron chi connectivity index (χ0n) is 17.6. The van der Waals surface area contributed by atoms with Gasteiger partial charge in [0.2, 0.25) is 11.8 Å². The van der Waals surface area contributed by atoms with Crippen molar-refractivity contribution in [2.24, 2.45) is 5.10 Å². The van der Waals surface area contributed by atoms with Crippen molar-refractivity contribution in [3.63, 3.8) is 0 Å². The van der Waals surface area contributed by atoms with Crippen molar-refractivity contribution in [2.45, 2.75) is 37.7 Å². The highest BCUT2D eigenvalue weighted by molar-refractivity contribution is 6.02. The Morgan fingerprint density at radius 2 is 1.71 bits per heavy atom. The van der Waals surface area contributed by atoms with Crippen LogP contribution in [0, 0.1) is 0 Å². The molecule has 0 bridgehead atoms. The monoisotopic (exact) mass is 417 g/mol. The third kappa shape index (κ3) is 3.88. The van der Waals surface area contributed by atoms with Gasteiger partial charge in [0.1, 0.15) is 5.60 Å². The first kappa shape index (κ1) is 19.9. The molecule has 31 heavy (non-hydrogen) atoms. The highest BCUT2D eigenvalue weighted by Gasteiger charge is 2.44. The van der Waals surface area contributed by atoms with Crippen LogP contribution in [-0.2, 0) is 26.3 Å². The second-order valence-electron chi connectivity index (χ2n) is 8.49. The Labute approximate surface area is 182 Å². The molecule has 1 aliphatic carbocycles. The van der Waals surface area contributed by atoms with E-state index in [4.69, 9.17) is 4.74 Å². The van der Waals surface area contributed by atoms with Crippen LogP contribution in [0.1, 0.15) is 42.4 Å². The molecule has 1 atom stereocenters. The summed E-state index contributed by atoms with van der Waals surface area (Å²) in [6.45, 7) is 2.26. The minimum absolute atomic E-state index is 0.0202. The lowest BCUT2D eigenvalue weighted by Crippen LogP contribution is -2.51. The summed E-state index contributed by atoms with van der Waals surface area (Å²) in [5.74, 6) is -0.0691. The number of hydrogen-bond acceptors (Lipinski definition) is 4. The van der Waals surface area contributed by atoms with Gasteiger partial charge in [0, 0.05) is 25.8 Å². The van der Waals surface area contributed by atoms with E-state index in [1.807, 2.05) is 41.3 Å². The summed E-state index contributed by atoms with van der Waals surface area (Å²) in [7, 11) is 0. The number of nitrogens with zero attached hydrogens (tertiary/aromatic N) is 3. The van der Waals surface area contributed by atoms with E-state index in [-0.39, 0.29) is 24.7 Å². The Kier molecular flexibility index (Phi) is 5.32. The van der Waals surface area contributed by atoms with Crippen LogP contribution in [0.25, 0.3) is 0 Å². The van der Waals surface area contributed by atoms with E-state index in [1.165, 1.54) is 16.1 Å². The van der Waals surface area contributed by atoms with Crippen molar-refractivity contribution in [1.82, 2.24) is 9.91 Å². The number of hydrogen-bond donors (Lipinski definition) is 0. The van der Waals surface area contributed by atoms with Gasteiger partial charge in [-0.25, -0.2) is 5.01 Å². The number of carbonyl (C=O) groups excluding carboxylic acids is 2. The Bertz CT molecular complexity index is 1020. The predicted octanol–water partition coefficient (Wildman–Crippen LogP) is 3.10. The average Bonchev–Trinajstić information content (AvgIpc) is 3.45. The fourth-order valence-electron chi connectivity index (χ4n) is 4.94. The van der Waals surface area contributed by atoms with Gasteiger partial charge in [-0.3, -0.25) is 9.59 Å². The molecule has 2 aromatic rings. The molecule has 5 rings (SSSR count). The van der Waals surface area contributed by atoms with E-state index in [0.29, 0.717) is 26.2 Å². The van der Waals surface area contributed by atoms with Gasteiger partial charge in [0.15, 0.2) is 0 Å². The maximum absolute atomic E-state index is 12.9. The third-order valence-corrected chi connectivity index (χ3v) is 6.59. The van der Waals surface area contributed by atoms with Crippen LogP contribution in [-0.4, -0.2) is 53.7 Å². The fraction of sp³-hybridized carbons (Fsp3) is 0.400. The number of hydrazone groups is 1. The van der Waals surface area contributed by atoms with Gasteiger partial charge in [0.25, 0.3) is 0 Å². The van der Waals surface area contributed by atoms with E-state index < -0.39 is 5.60 Å². The van der Waals surface area contributed by atoms with Crippen LogP contribution in [0.4, 0.5) is 0 Å². The molecule has 0 radical (unpaired) electrons. The zero-order valence-corrected chi connectivity index (χ0v) is 17.6. The number of amides is 2. The fourth-order valence-corrected chi connectivity index (χ4v) is 4.94. The summed E-state index contributed by atoms with van der Waals surface area (Å²) in [6.07, 6.45) is 3.02. The van der Waals surface area contributed by atoms with Crippen LogP contribution in [0.15, 0.2) is 59.7 Å². The lowest BCUT2D eigenvalue weighted by Gasteiger charge is -2.41. The van der Waals surface area contributed by atoms with Crippen LogP contribution in [0.5, 0.6) is 0 Å². The Morgan fingerprint density at radius 1 is 0.935 bits per heavy atom. The number of ether oxygens (including phenoxy) is 1. The smallest absolute Gasteiger partial charge is 0.243 e. The molecule has 3 aliphatic rings. The van der Waals surface area contributed by atoms with Crippen molar-refractivity contribution in [2.75, 3.05) is 26.2 Å². The van der Waals surface area contributed by atoms with Gasteiger partial charge in [-0.1, -0.05) is 54.6 Å². The molecule has 6 heteroatoms. The largest absolute Gasteiger partial charge is 0.367 e. The average molecular weight is 418 g/mol. The molecule has 2 aromatic carbocycles. The Balaban J connectivity index is 1.19. The summed E-state index contributed by atoms with van der Waals surface area (Å²) in [5, 5.41) is 6.00. The standard InChI is InChI=1S/C25H27N3O3/c29-23(10-11-24(30)28-15-13-22(26-28)20-7-2-1-3-8-20)27-16-17-31-25(18-27)14-12-19-6-4-5-9-21(19)25/h1-9H,10-18H2. The SMILES string of the molecule is O=C(CCC(=O)N1CCC(c2ccccc2)=N1)N1CCOC2(CCc3ccccc32)C1. The minimum Gasteiger partial charge on any atom is -0.367 e. The number of benzene rings is 2. The first-order valence-electron chi connectivity index (χ1n) is 11.1. The van der Waals surface area contributed by atoms with Crippen LogP contribution in [0.3, 0.4) is 0 Å². The molecule has 0 saturated carbocycles. The molecular weight excluding hydrogens is 390 g/mol. The van der Waals surface area contributed by atoms with E-state index in [9.17, 15) is 9.59 Å². The minimum atomic E-state index is -0.391. The van der Waals surface area contributed by atoms with Gasteiger partial charge in [-0.2, -0.15) is 5.10 Å². The number of fused-ring (bicyclic) bond motifs is 2. The van der Waals surface area contributed by atoms with Crippen molar-refractivity contribution in [3.05, 3.63) is 71.3 Å². The third-order valence-electron chi connectivity index (χ3n) is 6.59. The molecule has 1 saturated heterocycles. The van der Waals surface area contributed by atoms with E-state index >= 15 is 0 Å². The van der Waals surface area contributed by atoms with E-state index in [2.05, 4.69) is 23.3 Å².